The molecule has 0 spiro atoms. The van der Waals surface area contributed by atoms with Crippen molar-refractivity contribution in [2.45, 2.75) is 4.90 Å². The number of carbonyl (C=O) groups is 2. The summed E-state index contributed by atoms with van der Waals surface area (Å²) in [5.74, 6) is -1.76. The van der Waals surface area contributed by atoms with Crippen molar-refractivity contribution in [2.75, 3.05) is 10.6 Å². The molecular weight excluding hydrogens is 346 g/mol. The van der Waals surface area contributed by atoms with Crippen LogP contribution in [0.3, 0.4) is 0 Å². The molecule has 5 N–H and O–H groups in total. The summed E-state index contributed by atoms with van der Waals surface area (Å²) in [4.78, 5) is 30.7. The van der Waals surface area contributed by atoms with Crippen LogP contribution < -0.4 is 15.8 Å². The van der Waals surface area contributed by atoms with Crippen molar-refractivity contribution in [1.82, 2.24) is 9.97 Å². The van der Waals surface area contributed by atoms with E-state index in [2.05, 4.69) is 20.6 Å². The lowest BCUT2D eigenvalue weighted by atomic mass is 10.2. The molecule has 3 aromatic rings. The molecule has 25 heavy (non-hydrogen) atoms. The van der Waals surface area contributed by atoms with Crippen LogP contribution in [0, 0.1) is 0 Å². The number of fused-ring (bicyclic) bond motifs is 1. The summed E-state index contributed by atoms with van der Waals surface area (Å²) in [6, 6.07) is 10.1. The molecule has 0 fully saturated rings. The third-order valence-electron chi connectivity index (χ3n) is 3.33. The molecule has 0 bridgehead atoms. The SMILES string of the molecule is NS(=O)(=O)c1ccc(NC(=O)C(=O)Nc2ccc3nc[nH]c3c2)cc1. The minimum atomic E-state index is -3.82. The first-order valence-corrected chi connectivity index (χ1v) is 8.56. The Balaban J connectivity index is 1.67. The molecule has 2 amide bonds. The first kappa shape index (κ1) is 16.6. The van der Waals surface area contributed by atoms with Gasteiger partial charge in [-0.05, 0) is 42.5 Å². The molecule has 3 rings (SSSR count). The van der Waals surface area contributed by atoms with Crippen LogP contribution >= 0.6 is 0 Å². The molecule has 0 aliphatic rings. The van der Waals surface area contributed by atoms with Gasteiger partial charge in [0.25, 0.3) is 0 Å². The van der Waals surface area contributed by atoms with Crippen LogP contribution in [0.25, 0.3) is 11.0 Å². The van der Waals surface area contributed by atoms with Gasteiger partial charge in [-0.25, -0.2) is 18.5 Å². The van der Waals surface area contributed by atoms with E-state index in [4.69, 9.17) is 5.14 Å². The maximum atomic E-state index is 12.0. The zero-order valence-electron chi connectivity index (χ0n) is 12.7. The number of nitrogens with two attached hydrogens (primary N) is 1. The number of nitrogens with one attached hydrogen (secondary N) is 3. The van der Waals surface area contributed by atoms with E-state index >= 15 is 0 Å². The van der Waals surface area contributed by atoms with Gasteiger partial charge in [0, 0.05) is 11.4 Å². The van der Waals surface area contributed by atoms with Gasteiger partial charge in [0.1, 0.15) is 0 Å². The molecule has 0 aliphatic carbocycles. The number of carbonyl (C=O) groups excluding carboxylic acids is 2. The van der Waals surface area contributed by atoms with E-state index in [1.807, 2.05) is 0 Å². The molecule has 2 aromatic carbocycles. The number of aromatic nitrogens is 2. The Morgan fingerprint density at radius 1 is 0.960 bits per heavy atom. The molecule has 9 nitrogen and oxygen atoms in total. The third kappa shape index (κ3) is 3.82. The van der Waals surface area contributed by atoms with Crippen LogP contribution in [0.15, 0.2) is 53.7 Å². The first-order chi connectivity index (χ1) is 11.8. The maximum Gasteiger partial charge on any atom is 0.314 e. The molecule has 0 radical (unpaired) electrons. The number of aromatic amines is 1. The van der Waals surface area contributed by atoms with Crippen LogP contribution in [-0.4, -0.2) is 30.2 Å². The number of imidazole rings is 1. The highest BCUT2D eigenvalue weighted by molar-refractivity contribution is 7.89. The van der Waals surface area contributed by atoms with Gasteiger partial charge in [0.2, 0.25) is 10.0 Å². The molecule has 1 heterocycles. The van der Waals surface area contributed by atoms with Crippen molar-refractivity contribution >= 4 is 44.2 Å². The topological polar surface area (TPSA) is 147 Å². The number of H-pyrrole nitrogens is 1. The fourth-order valence-corrected chi connectivity index (χ4v) is 2.63. The Kier molecular flexibility index (Phi) is 4.21. The van der Waals surface area contributed by atoms with Crippen molar-refractivity contribution in [2.24, 2.45) is 5.14 Å². The number of sulfonamides is 1. The van der Waals surface area contributed by atoms with Crippen LogP contribution in [0.4, 0.5) is 11.4 Å². The number of hydrogen-bond acceptors (Lipinski definition) is 5. The second kappa shape index (κ2) is 6.34. The lowest BCUT2D eigenvalue weighted by Crippen LogP contribution is -2.29. The lowest BCUT2D eigenvalue weighted by molar-refractivity contribution is -0.132. The van der Waals surface area contributed by atoms with Crippen LogP contribution in [-0.2, 0) is 19.6 Å². The van der Waals surface area contributed by atoms with E-state index in [0.29, 0.717) is 5.69 Å². The molecule has 0 aliphatic heterocycles. The summed E-state index contributed by atoms with van der Waals surface area (Å²) in [6.45, 7) is 0. The number of primary sulfonamides is 1. The number of amides is 2. The Morgan fingerprint density at radius 2 is 1.56 bits per heavy atom. The molecule has 0 unspecified atom stereocenters. The van der Waals surface area contributed by atoms with E-state index in [9.17, 15) is 18.0 Å². The highest BCUT2D eigenvalue weighted by Crippen LogP contribution is 2.16. The lowest BCUT2D eigenvalue weighted by Gasteiger charge is -2.07. The monoisotopic (exact) mass is 359 g/mol. The van der Waals surface area contributed by atoms with E-state index in [-0.39, 0.29) is 10.6 Å². The predicted octanol–water partition coefficient (Wildman–Crippen LogP) is 0.787. The number of benzene rings is 2. The second-order valence-electron chi connectivity index (χ2n) is 5.11. The van der Waals surface area contributed by atoms with Gasteiger partial charge in [-0.1, -0.05) is 0 Å². The standard InChI is InChI=1S/C15H13N5O4S/c16-25(23,24)11-4-1-9(2-5-11)19-14(21)15(22)20-10-3-6-12-13(7-10)18-8-17-12/h1-8H,(H,17,18)(H,19,21)(H,20,22)(H2,16,23,24). The van der Waals surface area contributed by atoms with Crippen molar-refractivity contribution in [3.63, 3.8) is 0 Å². The minimum Gasteiger partial charge on any atom is -0.345 e. The van der Waals surface area contributed by atoms with Crippen LogP contribution in [0.5, 0.6) is 0 Å². The summed E-state index contributed by atoms with van der Waals surface area (Å²) < 4.78 is 22.3. The van der Waals surface area contributed by atoms with Gasteiger partial charge in [0.15, 0.2) is 0 Å². The summed E-state index contributed by atoms with van der Waals surface area (Å²) in [7, 11) is -3.82. The van der Waals surface area contributed by atoms with Crippen molar-refractivity contribution < 1.29 is 18.0 Å². The zero-order valence-corrected chi connectivity index (χ0v) is 13.5. The average molecular weight is 359 g/mol. The summed E-state index contributed by atoms with van der Waals surface area (Å²) in [5.41, 5.74) is 2.15. The highest BCUT2D eigenvalue weighted by Gasteiger charge is 2.15. The van der Waals surface area contributed by atoms with Crippen LogP contribution in [0.2, 0.25) is 0 Å². The Morgan fingerprint density at radius 3 is 2.20 bits per heavy atom. The quantitative estimate of drug-likeness (QED) is 0.510. The van der Waals surface area contributed by atoms with Crippen molar-refractivity contribution in [3.8, 4) is 0 Å². The molecule has 128 valence electrons. The molecule has 0 atom stereocenters. The Labute approximate surface area is 142 Å². The maximum absolute atomic E-state index is 12.0. The normalized spacial score (nSPS) is 11.2. The molecule has 0 saturated heterocycles. The molecular formula is C15H13N5O4S. The van der Waals surface area contributed by atoms with Gasteiger partial charge < -0.3 is 15.6 Å². The zero-order chi connectivity index (χ0) is 18.0. The Bertz CT molecular complexity index is 1060. The van der Waals surface area contributed by atoms with Gasteiger partial charge in [-0.3, -0.25) is 9.59 Å². The van der Waals surface area contributed by atoms with Gasteiger partial charge >= 0.3 is 11.8 Å². The number of anilines is 2. The van der Waals surface area contributed by atoms with Crippen molar-refractivity contribution in [3.05, 3.63) is 48.8 Å². The average Bonchev–Trinajstić information content (AvgIpc) is 3.02. The van der Waals surface area contributed by atoms with E-state index in [1.165, 1.54) is 30.6 Å². The number of rotatable bonds is 3. The Hall–Kier alpha value is -3.24. The fourth-order valence-electron chi connectivity index (χ4n) is 2.12. The molecule has 10 heteroatoms. The smallest absolute Gasteiger partial charge is 0.314 e. The van der Waals surface area contributed by atoms with Gasteiger partial charge in [-0.2, -0.15) is 0 Å². The largest absolute Gasteiger partial charge is 0.345 e. The summed E-state index contributed by atoms with van der Waals surface area (Å²) >= 11 is 0. The van der Waals surface area contributed by atoms with E-state index in [1.54, 1.807) is 18.2 Å². The number of hydrogen-bond donors (Lipinski definition) is 4. The third-order valence-corrected chi connectivity index (χ3v) is 4.25. The minimum absolute atomic E-state index is 0.0946. The second-order valence-corrected chi connectivity index (χ2v) is 6.67. The van der Waals surface area contributed by atoms with E-state index in [0.717, 1.165) is 11.0 Å². The number of nitrogens with zero attached hydrogens (tertiary/aromatic N) is 1. The predicted molar refractivity (Wildman–Crippen MR) is 91.2 cm³/mol. The van der Waals surface area contributed by atoms with Crippen LogP contribution in [0.1, 0.15) is 0 Å². The van der Waals surface area contributed by atoms with Crippen molar-refractivity contribution in [1.29, 1.82) is 0 Å². The van der Waals surface area contributed by atoms with Gasteiger partial charge in [-0.15, -0.1) is 0 Å². The molecule has 0 saturated carbocycles. The molecule has 1 aromatic heterocycles. The summed E-state index contributed by atoms with van der Waals surface area (Å²) in [6.07, 6.45) is 1.52. The van der Waals surface area contributed by atoms with E-state index < -0.39 is 21.8 Å². The van der Waals surface area contributed by atoms with Gasteiger partial charge in [0.05, 0.1) is 22.3 Å². The summed E-state index contributed by atoms with van der Waals surface area (Å²) in [5, 5.41) is 9.82. The fraction of sp³-hybridized carbons (Fsp3) is 0. The highest BCUT2D eigenvalue weighted by atomic mass is 32.2. The first-order valence-electron chi connectivity index (χ1n) is 7.01.